The van der Waals surface area contributed by atoms with E-state index in [1.165, 1.54) is 17.8 Å². The zero-order valence-electron chi connectivity index (χ0n) is 23.7. The van der Waals surface area contributed by atoms with Crippen molar-refractivity contribution in [3.8, 4) is 0 Å². The summed E-state index contributed by atoms with van der Waals surface area (Å²) in [7, 11) is 2.08. The van der Waals surface area contributed by atoms with E-state index in [9.17, 15) is 23.1 Å². The molecule has 0 aliphatic carbocycles. The lowest BCUT2D eigenvalue weighted by molar-refractivity contribution is -0.142. The monoisotopic (exact) mass is 581 g/mol. The van der Waals surface area contributed by atoms with Crippen molar-refractivity contribution in [2.45, 2.75) is 63.8 Å². The highest BCUT2D eigenvalue weighted by molar-refractivity contribution is 5.74. The van der Waals surface area contributed by atoms with Crippen molar-refractivity contribution in [2.75, 3.05) is 41.8 Å². The number of alkyl halides is 3. The van der Waals surface area contributed by atoms with Gasteiger partial charge in [-0.25, -0.2) is 15.0 Å². The average Bonchev–Trinajstić information content (AvgIpc) is 3.43. The van der Waals surface area contributed by atoms with Crippen molar-refractivity contribution in [2.24, 2.45) is 0 Å². The number of carboxylic acid groups (broad SMARTS) is 1. The summed E-state index contributed by atoms with van der Waals surface area (Å²) in [6.45, 7) is 4.50. The molecule has 6 rings (SSSR count). The van der Waals surface area contributed by atoms with Crippen LogP contribution in [0.25, 0.3) is 0 Å². The van der Waals surface area contributed by atoms with Gasteiger partial charge in [0.15, 0.2) is 0 Å². The van der Waals surface area contributed by atoms with E-state index in [1.807, 2.05) is 11.0 Å². The summed E-state index contributed by atoms with van der Waals surface area (Å²) in [4.78, 5) is 31.3. The van der Waals surface area contributed by atoms with Gasteiger partial charge < -0.3 is 20.2 Å². The number of nitrogens with one attached hydrogen (secondary N) is 1. The van der Waals surface area contributed by atoms with Gasteiger partial charge >= 0.3 is 12.1 Å². The molecule has 3 aliphatic rings. The molecule has 2 unspecified atom stereocenters. The van der Waals surface area contributed by atoms with Gasteiger partial charge in [-0.3, -0.25) is 9.69 Å². The highest BCUT2D eigenvalue weighted by Crippen LogP contribution is 2.39. The van der Waals surface area contributed by atoms with Gasteiger partial charge in [0.1, 0.15) is 23.5 Å². The minimum absolute atomic E-state index is 0.123. The molecule has 5 heterocycles. The molecule has 0 spiro atoms. The van der Waals surface area contributed by atoms with Crippen molar-refractivity contribution in [1.29, 1.82) is 0 Å². The molecule has 3 aliphatic heterocycles. The first-order chi connectivity index (χ1) is 20.1. The molecule has 1 fully saturated rings. The Balaban J connectivity index is 1.36. The highest BCUT2D eigenvalue weighted by Gasteiger charge is 2.37. The van der Waals surface area contributed by atoms with Crippen LogP contribution in [0.3, 0.4) is 0 Å². The van der Waals surface area contributed by atoms with Gasteiger partial charge in [0.2, 0.25) is 0 Å². The third-order valence-electron chi connectivity index (χ3n) is 8.63. The van der Waals surface area contributed by atoms with Crippen LogP contribution in [0.5, 0.6) is 0 Å². The molecule has 2 atom stereocenters. The Morgan fingerprint density at radius 1 is 1.14 bits per heavy atom. The van der Waals surface area contributed by atoms with Crippen LogP contribution in [0.2, 0.25) is 0 Å². The van der Waals surface area contributed by atoms with Gasteiger partial charge in [-0.2, -0.15) is 13.2 Å². The molecule has 0 bridgehead atoms. The van der Waals surface area contributed by atoms with Crippen LogP contribution < -0.4 is 15.1 Å². The third-order valence-corrected chi connectivity index (χ3v) is 8.63. The lowest BCUT2D eigenvalue weighted by Gasteiger charge is -2.33. The van der Waals surface area contributed by atoms with E-state index in [-0.39, 0.29) is 18.9 Å². The summed E-state index contributed by atoms with van der Waals surface area (Å²) in [6.07, 6.45) is -0.329. The molecule has 0 saturated carbocycles. The van der Waals surface area contributed by atoms with E-state index in [2.05, 4.69) is 41.3 Å². The minimum atomic E-state index is -4.54. The molecule has 0 radical (unpaired) electrons. The number of fused-ring (bicyclic) bond motifs is 2. The van der Waals surface area contributed by atoms with Crippen molar-refractivity contribution < 1.29 is 23.1 Å². The van der Waals surface area contributed by atoms with Crippen LogP contribution in [-0.2, 0) is 30.5 Å². The number of rotatable bonds is 6. The SMILES string of the molecule is CC1CCN(C)c2cc(Nc3nc(CN4CCCC4C(=O)O)nc4c3CCN(c3ncccc3C(F)(F)F)C4)ccc21. The fourth-order valence-electron chi connectivity index (χ4n) is 6.35. The molecule has 12 heteroatoms. The summed E-state index contributed by atoms with van der Waals surface area (Å²) >= 11 is 0. The van der Waals surface area contributed by atoms with Gasteiger partial charge in [0.25, 0.3) is 0 Å². The van der Waals surface area contributed by atoms with Crippen molar-refractivity contribution >= 4 is 29.0 Å². The summed E-state index contributed by atoms with van der Waals surface area (Å²) in [5.74, 6) is 0.501. The summed E-state index contributed by atoms with van der Waals surface area (Å²) in [5.41, 5.74) is 3.98. The van der Waals surface area contributed by atoms with Crippen molar-refractivity contribution in [1.82, 2.24) is 19.9 Å². The first kappa shape index (κ1) is 28.2. The number of halogens is 3. The predicted molar refractivity (Wildman–Crippen MR) is 153 cm³/mol. The number of carboxylic acids is 1. The van der Waals surface area contributed by atoms with E-state index in [4.69, 9.17) is 9.97 Å². The number of nitrogens with zero attached hydrogens (tertiary/aromatic N) is 6. The standard InChI is InChI=1S/C30H34F3N7O2/c1-18-9-13-38(2)25-15-19(7-8-20(18)25)35-27-21-10-14-40(28-22(30(31,32)33)5-3-11-34-28)16-23(21)36-26(37-27)17-39-12-4-6-24(39)29(41)42/h3,5,7-8,11,15,18,24H,4,6,9-10,12-14,16-17H2,1-2H3,(H,41,42)(H,35,36,37). The first-order valence-electron chi connectivity index (χ1n) is 14.3. The van der Waals surface area contributed by atoms with E-state index < -0.39 is 23.8 Å². The summed E-state index contributed by atoms with van der Waals surface area (Å²) < 4.78 is 41.4. The topological polar surface area (TPSA) is 97.7 Å². The number of carbonyl (C=O) groups is 1. The lowest BCUT2D eigenvalue weighted by atomic mass is 9.91. The van der Waals surface area contributed by atoms with Gasteiger partial charge in [0, 0.05) is 43.3 Å². The number of hydrogen-bond donors (Lipinski definition) is 2. The molecule has 1 saturated heterocycles. The second-order valence-corrected chi connectivity index (χ2v) is 11.4. The first-order valence-corrected chi connectivity index (χ1v) is 14.3. The fraction of sp³-hybridized carbons (Fsp3) is 0.467. The number of benzene rings is 1. The van der Waals surface area contributed by atoms with Crippen molar-refractivity contribution in [3.63, 3.8) is 0 Å². The zero-order chi connectivity index (χ0) is 29.6. The molecule has 2 N–H and O–H groups in total. The van der Waals surface area contributed by atoms with Gasteiger partial charge in [-0.15, -0.1) is 0 Å². The Hall–Kier alpha value is -3.93. The lowest BCUT2D eigenvalue weighted by Crippen LogP contribution is -2.37. The van der Waals surface area contributed by atoms with Crippen LogP contribution in [0.15, 0.2) is 36.5 Å². The quantitative estimate of drug-likeness (QED) is 0.408. The maximum atomic E-state index is 13.8. The maximum absolute atomic E-state index is 13.8. The average molecular weight is 582 g/mol. The van der Waals surface area contributed by atoms with Crippen LogP contribution in [0.4, 0.5) is 36.2 Å². The highest BCUT2D eigenvalue weighted by atomic mass is 19.4. The largest absolute Gasteiger partial charge is 0.480 e. The van der Waals surface area contributed by atoms with Crippen molar-refractivity contribution in [3.05, 3.63) is 64.7 Å². The molecule has 9 nitrogen and oxygen atoms in total. The van der Waals surface area contributed by atoms with Crippen LogP contribution in [0, 0.1) is 0 Å². The summed E-state index contributed by atoms with van der Waals surface area (Å²) in [5, 5.41) is 13.2. The van der Waals surface area contributed by atoms with E-state index in [0.717, 1.165) is 42.4 Å². The molecule has 1 aromatic carbocycles. The zero-order valence-corrected chi connectivity index (χ0v) is 23.7. The van der Waals surface area contributed by atoms with Crippen LogP contribution in [-0.4, -0.2) is 63.7 Å². The number of aliphatic carboxylic acids is 1. The molecule has 3 aromatic rings. The van der Waals surface area contributed by atoms with E-state index in [0.29, 0.717) is 49.2 Å². The normalized spacial score (nSPS) is 20.8. The fourth-order valence-corrected chi connectivity index (χ4v) is 6.35. The third kappa shape index (κ3) is 5.47. The van der Waals surface area contributed by atoms with Gasteiger partial charge in [-0.1, -0.05) is 13.0 Å². The number of pyridine rings is 1. The van der Waals surface area contributed by atoms with E-state index >= 15 is 0 Å². The Bertz CT molecular complexity index is 1500. The van der Waals surface area contributed by atoms with Crippen LogP contribution >= 0.6 is 0 Å². The second-order valence-electron chi connectivity index (χ2n) is 11.4. The maximum Gasteiger partial charge on any atom is 0.419 e. The molecular weight excluding hydrogens is 547 g/mol. The van der Waals surface area contributed by atoms with E-state index in [1.54, 1.807) is 4.90 Å². The molecule has 222 valence electrons. The number of anilines is 4. The Kier molecular flexibility index (Phi) is 7.42. The predicted octanol–water partition coefficient (Wildman–Crippen LogP) is 5.19. The smallest absolute Gasteiger partial charge is 0.419 e. The van der Waals surface area contributed by atoms with Gasteiger partial charge in [0.05, 0.1) is 24.3 Å². The molecule has 42 heavy (non-hydrogen) atoms. The summed E-state index contributed by atoms with van der Waals surface area (Å²) in [6, 6.07) is 8.00. The number of likely N-dealkylation sites (tertiary alicyclic amines) is 1. The number of aromatic nitrogens is 3. The molecule has 2 aromatic heterocycles. The molecule has 0 amide bonds. The number of hydrogen-bond acceptors (Lipinski definition) is 8. The Morgan fingerprint density at radius 2 is 1.98 bits per heavy atom. The Labute approximate surface area is 242 Å². The van der Waals surface area contributed by atoms with Gasteiger partial charge in [-0.05, 0) is 68.0 Å². The van der Waals surface area contributed by atoms with Crippen LogP contribution in [0.1, 0.15) is 60.3 Å². The molecular formula is C30H34F3N7O2. The minimum Gasteiger partial charge on any atom is -0.480 e. The second kappa shape index (κ2) is 11.0. The Morgan fingerprint density at radius 3 is 2.76 bits per heavy atom.